The molecule has 0 saturated heterocycles. The van der Waals surface area contributed by atoms with Gasteiger partial charge in [-0.3, -0.25) is 5.10 Å². The van der Waals surface area contributed by atoms with Gasteiger partial charge in [0.25, 0.3) is 0 Å². The van der Waals surface area contributed by atoms with Crippen molar-refractivity contribution >= 4 is 10.0 Å². The molecule has 0 radical (unpaired) electrons. The summed E-state index contributed by atoms with van der Waals surface area (Å²) in [5.74, 6) is 0. The third-order valence-electron chi connectivity index (χ3n) is 0.765. The van der Waals surface area contributed by atoms with Crippen LogP contribution in [0.1, 0.15) is 0 Å². The van der Waals surface area contributed by atoms with Gasteiger partial charge < -0.3 is 5.14 Å². The number of nitrogens with zero attached hydrogens (tertiary/aromatic N) is 1. The maximum Gasteiger partial charge on any atom is 1.00 e. The van der Waals surface area contributed by atoms with Crippen molar-refractivity contribution in [1.29, 1.82) is 0 Å². The Balaban J connectivity index is 0.000000810. The van der Waals surface area contributed by atoms with E-state index >= 15 is 0 Å². The van der Waals surface area contributed by atoms with Crippen molar-refractivity contribution in [1.82, 2.24) is 10.2 Å². The summed E-state index contributed by atoms with van der Waals surface area (Å²) >= 11 is 0. The molecule has 0 aliphatic rings. The summed E-state index contributed by atoms with van der Waals surface area (Å²) in [4.78, 5) is 0. The minimum atomic E-state index is -3.83. The topological polar surface area (TPSA) is 86.6 Å². The van der Waals surface area contributed by atoms with E-state index in [1.54, 1.807) is 0 Å². The molecule has 0 amide bonds. The van der Waals surface area contributed by atoms with Gasteiger partial charge in [-0.05, 0) is 6.07 Å². The maximum absolute atomic E-state index is 10.3. The van der Waals surface area contributed by atoms with Crippen molar-refractivity contribution < 1.29 is 38.0 Å². The van der Waals surface area contributed by atoms with Gasteiger partial charge in [0.05, 0.1) is 0 Å². The van der Waals surface area contributed by atoms with E-state index in [0.29, 0.717) is 0 Å². The Morgan fingerprint density at radius 2 is 2.20 bits per heavy atom. The minimum absolute atomic E-state index is 0. The van der Waals surface area contributed by atoms with Crippen LogP contribution in [0.2, 0.25) is 0 Å². The van der Waals surface area contributed by atoms with Crippen LogP contribution in [0.3, 0.4) is 0 Å². The molecule has 0 fully saturated rings. The molecule has 1 aromatic heterocycles. The van der Waals surface area contributed by atoms with Crippen LogP contribution in [0.5, 0.6) is 0 Å². The van der Waals surface area contributed by atoms with Crippen LogP contribution < -0.4 is 29.6 Å². The van der Waals surface area contributed by atoms with Crippen LogP contribution in [-0.2, 0) is 10.0 Å². The Bertz CT molecular complexity index is 279. The second-order valence-electron chi connectivity index (χ2n) is 1.42. The summed E-state index contributed by atoms with van der Waals surface area (Å²) in [6.07, 6.45) is 1.28. The van der Waals surface area contributed by atoms with Crippen molar-refractivity contribution in [3.05, 3.63) is 17.4 Å². The predicted molar refractivity (Wildman–Crippen MR) is 30.1 cm³/mol. The van der Waals surface area contributed by atoms with Gasteiger partial charge in [-0.25, -0.2) is 8.42 Å². The van der Waals surface area contributed by atoms with E-state index in [2.05, 4.69) is 10.2 Å². The van der Waals surface area contributed by atoms with E-state index in [1.807, 2.05) is 0 Å². The number of H-pyrrole nitrogens is 1. The first kappa shape index (κ1) is 10.1. The fraction of sp³-hybridized carbons (Fsp3) is 0. The molecule has 0 saturated carbocycles. The molecule has 0 spiro atoms. The number of rotatable bonds is 1. The zero-order valence-electron chi connectivity index (χ0n) is 5.33. The van der Waals surface area contributed by atoms with Crippen molar-refractivity contribution in [2.24, 2.45) is 0 Å². The first-order chi connectivity index (χ1) is 4.11. The molecule has 0 aliphatic carbocycles. The summed E-state index contributed by atoms with van der Waals surface area (Å²) in [7, 11) is -3.83. The Kier molecular flexibility index (Phi) is 3.54. The van der Waals surface area contributed by atoms with E-state index in [9.17, 15) is 8.42 Å². The molecule has 0 bridgehead atoms. The monoisotopic (exact) mass is 169 g/mol. The third-order valence-corrected chi connectivity index (χ3v) is 1.57. The van der Waals surface area contributed by atoms with E-state index in [0.717, 1.165) is 0 Å². The largest absolute Gasteiger partial charge is 1.00 e. The summed E-state index contributed by atoms with van der Waals surface area (Å²) in [5, 5.41) is 11.8. The molecule has 0 aromatic carbocycles. The summed E-state index contributed by atoms with van der Waals surface area (Å²) < 4.78 is 20.6. The zero-order chi connectivity index (χ0) is 6.91. The SMILES string of the molecule is [NH-]S(=O)(=O)c1ccn[nH]1.[Na+]. The number of hydrogen-bond acceptors (Lipinski definition) is 3. The van der Waals surface area contributed by atoms with Gasteiger partial charge in [0.15, 0.2) is 0 Å². The minimum Gasteiger partial charge on any atom is -0.558 e. The third kappa shape index (κ3) is 2.39. The van der Waals surface area contributed by atoms with Crippen molar-refractivity contribution in [3.8, 4) is 0 Å². The maximum atomic E-state index is 10.3. The second-order valence-corrected chi connectivity index (χ2v) is 2.87. The Morgan fingerprint density at radius 1 is 1.60 bits per heavy atom. The van der Waals surface area contributed by atoms with Gasteiger partial charge in [-0.1, -0.05) is 0 Å². The Hall–Kier alpha value is 0.120. The van der Waals surface area contributed by atoms with Gasteiger partial charge in [-0.2, -0.15) is 5.10 Å². The van der Waals surface area contributed by atoms with Crippen LogP contribution in [-0.4, -0.2) is 18.6 Å². The molecule has 2 N–H and O–H groups in total. The van der Waals surface area contributed by atoms with E-state index in [-0.39, 0.29) is 34.6 Å². The summed E-state index contributed by atoms with van der Waals surface area (Å²) in [5.41, 5.74) is 0. The molecule has 1 aromatic rings. The molecular formula is C3H4N3NaO2S. The fourth-order valence-corrected chi connectivity index (χ4v) is 0.806. The molecule has 0 atom stereocenters. The van der Waals surface area contributed by atoms with Gasteiger partial charge >= 0.3 is 29.6 Å². The molecule has 7 heteroatoms. The van der Waals surface area contributed by atoms with Crippen molar-refractivity contribution in [2.45, 2.75) is 5.03 Å². The molecule has 0 aliphatic heterocycles. The van der Waals surface area contributed by atoms with Crippen molar-refractivity contribution in [2.75, 3.05) is 0 Å². The van der Waals surface area contributed by atoms with Crippen molar-refractivity contribution in [3.63, 3.8) is 0 Å². The average Bonchev–Trinajstić information content (AvgIpc) is 2.08. The second kappa shape index (κ2) is 3.49. The Labute approximate surface area is 80.3 Å². The quantitative estimate of drug-likeness (QED) is 0.459. The molecule has 1 rings (SSSR count). The van der Waals surface area contributed by atoms with Crippen LogP contribution in [0.4, 0.5) is 0 Å². The number of sulfonamides is 1. The average molecular weight is 169 g/mol. The predicted octanol–water partition coefficient (Wildman–Crippen LogP) is -2.85. The van der Waals surface area contributed by atoms with Crippen LogP contribution in [0.25, 0.3) is 5.14 Å². The summed E-state index contributed by atoms with van der Waals surface area (Å²) in [6, 6.07) is 1.22. The van der Waals surface area contributed by atoms with Gasteiger partial charge in [0.1, 0.15) is 15.0 Å². The molecular weight excluding hydrogens is 165 g/mol. The van der Waals surface area contributed by atoms with Gasteiger partial charge in [0.2, 0.25) is 0 Å². The van der Waals surface area contributed by atoms with Gasteiger partial charge in [-0.15, -0.1) is 0 Å². The summed E-state index contributed by atoms with van der Waals surface area (Å²) in [6.45, 7) is 0. The van der Waals surface area contributed by atoms with E-state index < -0.39 is 10.0 Å². The van der Waals surface area contributed by atoms with Crippen LogP contribution in [0.15, 0.2) is 17.3 Å². The zero-order valence-corrected chi connectivity index (χ0v) is 8.14. The molecule has 1 heterocycles. The van der Waals surface area contributed by atoms with Crippen LogP contribution >= 0.6 is 0 Å². The molecule has 50 valence electrons. The number of aromatic amines is 1. The van der Waals surface area contributed by atoms with E-state index in [1.165, 1.54) is 12.3 Å². The first-order valence-electron chi connectivity index (χ1n) is 2.10. The molecule has 5 nitrogen and oxygen atoms in total. The normalized spacial score (nSPS) is 10.5. The standard InChI is InChI=1S/C3H4N3O2S.Na/c4-9(7,8)3-1-2-5-6-3;/h1-2H,(H2-,4,5,6,7,8);/q-1;+1. The van der Waals surface area contributed by atoms with Crippen LogP contribution in [0, 0.1) is 0 Å². The van der Waals surface area contributed by atoms with Gasteiger partial charge in [0, 0.05) is 6.20 Å². The molecule has 10 heavy (non-hydrogen) atoms. The molecule has 0 unspecified atom stereocenters. The van der Waals surface area contributed by atoms with E-state index in [4.69, 9.17) is 5.14 Å². The number of nitrogens with one attached hydrogen (secondary N) is 2. The fourth-order valence-electron chi connectivity index (χ4n) is 0.393. The number of hydrogen-bond donors (Lipinski definition) is 1. The Morgan fingerprint density at radius 3 is 2.40 bits per heavy atom. The smallest absolute Gasteiger partial charge is 0.558 e. The number of aromatic nitrogens is 2. The first-order valence-corrected chi connectivity index (χ1v) is 3.58.